The standard InChI is InChI=1S/C20H27N5O3/c1-20(2,3)25-17(11-16(24-25)13-5-6-13)19(27)23-22-18(26)12-21-14-7-9-15(28-4)10-8-14/h7-11,13,21H,5-6,12H2,1-4H3,(H,22,26)(H,23,27). The van der Waals surface area contributed by atoms with E-state index >= 15 is 0 Å². The first-order valence-electron chi connectivity index (χ1n) is 9.35. The molecule has 0 radical (unpaired) electrons. The lowest BCUT2D eigenvalue weighted by Crippen LogP contribution is -2.45. The van der Waals surface area contributed by atoms with Crippen molar-refractivity contribution in [3.63, 3.8) is 0 Å². The molecule has 1 aliphatic rings. The van der Waals surface area contributed by atoms with Gasteiger partial charge < -0.3 is 10.1 Å². The Hall–Kier alpha value is -3.03. The summed E-state index contributed by atoms with van der Waals surface area (Å²) in [4.78, 5) is 24.6. The third-order valence-electron chi connectivity index (χ3n) is 4.45. The lowest BCUT2D eigenvalue weighted by atomic mass is 10.1. The van der Waals surface area contributed by atoms with Crippen molar-refractivity contribution in [3.8, 4) is 5.75 Å². The zero-order valence-electron chi connectivity index (χ0n) is 16.7. The minimum atomic E-state index is -0.382. The Morgan fingerprint density at radius 1 is 1.18 bits per heavy atom. The molecule has 0 saturated heterocycles. The normalized spacial score (nSPS) is 13.7. The number of carbonyl (C=O) groups excluding carboxylic acids is 2. The second-order valence-electron chi connectivity index (χ2n) is 7.90. The van der Waals surface area contributed by atoms with Crippen LogP contribution in [0.15, 0.2) is 30.3 Å². The molecule has 0 bridgehead atoms. The molecule has 2 amide bonds. The molecule has 1 heterocycles. The van der Waals surface area contributed by atoms with Gasteiger partial charge in [-0.25, -0.2) is 0 Å². The minimum absolute atomic E-state index is 0.0263. The molecule has 8 heteroatoms. The van der Waals surface area contributed by atoms with E-state index in [9.17, 15) is 9.59 Å². The van der Waals surface area contributed by atoms with Gasteiger partial charge in [-0.3, -0.25) is 25.1 Å². The fourth-order valence-electron chi connectivity index (χ4n) is 2.78. The number of hydrogen-bond acceptors (Lipinski definition) is 5. The van der Waals surface area contributed by atoms with Crippen LogP contribution in [0.3, 0.4) is 0 Å². The maximum absolute atomic E-state index is 12.6. The monoisotopic (exact) mass is 385 g/mol. The predicted octanol–water partition coefficient (Wildman–Crippen LogP) is 2.40. The summed E-state index contributed by atoms with van der Waals surface area (Å²) in [5.41, 5.74) is 6.74. The third-order valence-corrected chi connectivity index (χ3v) is 4.45. The molecule has 1 aromatic heterocycles. The highest BCUT2D eigenvalue weighted by molar-refractivity contribution is 5.94. The maximum Gasteiger partial charge on any atom is 0.287 e. The number of benzene rings is 1. The fourth-order valence-corrected chi connectivity index (χ4v) is 2.78. The quantitative estimate of drug-likeness (QED) is 0.664. The second-order valence-corrected chi connectivity index (χ2v) is 7.90. The first kappa shape index (κ1) is 19.7. The van der Waals surface area contributed by atoms with E-state index in [1.54, 1.807) is 23.9 Å². The Morgan fingerprint density at radius 3 is 2.43 bits per heavy atom. The van der Waals surface area contributed by atoms with Crippen LogP contribution < -0.4 is 20.9 Å². The summed E-state index contributed by atoms with van der Waals surface area (Å²) in [7, 11) is 1.60. The van der Waals surface area contributed by atoms with Gasteiger partial charge in [0.1, 0.15) is 11.4 Å². The molecule has 8 nitrogen and oxygen atoms in total. The molecule has 0 aliphatic heterocycles. The summed E-state index contributed by atoms with van der Waals surface area (Å²) < 4.78 is 6.81. The van der Waals surface area contributed by atoms with E-state index in [1.807, 2.05) is 39.0 Å². The van der Waals surface area contributed by atoms with E-state index in [0.29, 0.717) is 11.6 Å². The summed E-state index contributed by atoms with van der Waals surface area (Å²) in [6, 6.07) is 9.04. The Balaban J connectivity index is 1.55. The van der Waals surface area contributed by atoms with E-state index in [1.165, 1.54) is 0 Å². The van der Waals surface area contributed by atoms with Gasteiger partial charge in [-0.2, -0.15) is 5.10 Å². The van der Waals surface area contributed by atoms with Gasteiger partial charge in [-0.05, 0) is 63.9 Å². The van der Waals surface area contributed by atoms with E-state index in [2.05, 4.69) is 21.3 Å². The van der Waals surface area contributed by atoms with Gasteiger partial charge in [-0.15, -0.1) is 0 Å². The van der Waals surface area contributed by atoms with Crippen LogP contribution in [-0.2, 0) is 10.3 Å². The van der Waals surface area contributed by atoms with Crippen LogP contribution in [0.1, 0.15) is 55.7 Å². The fraction of sp³-hybridized carbons (Fsp3) is 0.450. The molecule has 3 N–H and O–H groups in total. The first-order chi connectivity index (χ1) is 13.3. The highest BCUT2D eigenvalue weighted by Gasteiger charge is 2.31. The van der Waals surface area contributed by atoms with E-state index in [4.69, 9.17) is 4.74 Å². The number of amides is 2. The van der Waals surface area contributed by atoms with Gasteiger partial charge in [0.25, 0.3) is 11.8 Å². The number of methoxy groups -OCH3 is 1. The number of hydrogen-bond donors (Lipinski definition) is 3. The van der Waals surface area contributed by atoms with Crippen LogP contribution in [0.25, 0.3) is 0 Å². The summed E-state index contributed by atoms with van der Waals surface area (Å²) in [5.74, 6) is 0.447. The summed E-state index contributed by atoms with van der Waals surface area (Å²) in [5, 5.41) is 7.59. The third kappa shape index (κ3) is 4.82. The van der Waals surface area contributed by atoms with Gasteiger partial charge >= 0.3 is 0 Å². The SMILES string of the molecule is COc1ccc(NCC(=O)NNC(=O)c2cc(C3CC3)nn2C(C)(C)C)cc1. The summed E-state index contributed by atoms with van der Waals surface area (Å²) >= 11 is 0. The molecule has 1 aromatic carbocycles. The predicted molar refractivity (Wildman–Crippen MR) is 106 cm³/mol. The van der Waals surface area contributed by atoms with Gasteiger partial charge in [0.15, 0.2) is 0 Å². The Labute approximate surface area is 164 Å². The lowest BCUT2D eigenvalue weighted by molar-refractivity contribution is -0.120. The number of carbonyl (C=O) groups is 2. The van der Waals surface area contributed by atoms with Crippen molar-refractivity contribution in [3.05, 3.63) is 41.7 Å². The molecule has 1 aliphatic carbocycles. The topological polar surface area (TPSA) is 97.3 Å². The average molecular weight is 385 g/mol. The van der Waals surface area contributed by atoms with Crippen molar-refractivity contribution in [2.45, 2.75) is 45.1 Å². The summed E-state index contributed by atoms with van der Waals surface area (Å²) in [6.07, 6.45) is 2.21. The maximum atomic E-state index is 12.6. The number of ether oxygens (including phenoxy) is 1. The number of nitrogens with zero attached hydrogens (tertiary/aromatic N) is 2. The summed E-state index contributed by atoms with van der Waals surface area (Å²) in [6.45, 7) is 6.00. The molecular weight excluding hydrogens is 358 g/mol. The molecule has 150 valence electrons. The van der Waals surface area contributed by atoms with Crippen LogP contribution in [-0.4, -0.2) is 35.2 Å². The van der Waals surface area contributed by atoms with E-state index < -0.39 is 0 Å². The van der Waals surface area contributed by atoms with Crippen molar-refractivity contribution in [1.29, 1.82) is 0 Å². The smallest absolute Gasteiger partial charge is 0.287 e. The van der Waals surface area contributed by atoms with Crippen LogP contribution in [0.5, 0.6) is 5.75 Å². The zero-order chi connectivity index (χ0) is 20.3. The van der Waals surface area contributed by atoms with Crippen LogP contribution in [0.4, 0.5) is 5.69 Å². The number of hydrazine groups is 1. The van der Waals surface area contributed by atoms with Gasteiger partial charge in [0.05, 0.1) is 24.9 Å². The van der Waals surface area contributed by atoms with Gasteiger partial charge in [0.2, 0.25) is 0 Å². The molecular formula is C20H27N5O3. The minimum Gasteiger partial charge on any atom is -0.497 e. The van der Waals surface area contributed by atoms with Gasteiger partial charge in [-0.1, -0.05) is 0 Å². The number of anilines is 1. The molecule has 0 atom stereocenters. The zero-order valence-corrected chi connectivity index (χ0v) is 16.7. The Bertz CT molecular complexity index is 848. The Kier molecular flexibility index (Phi) is 5.58. The van der Waals surface area contributed by atoms with Crippen LogP contribution in [0.2, 0.25) is 0 Å². The average Bonchev–Trinajstić information content (AvgIpc) is 3.41. The molecule has 3 rings (SSSR count). The van der Waals surface area contributed by atoms with Crippen molar-refractivity contribution in [2.75, 3.05) is 19.0 Å². The van der Waals surface area contributed by atoms with Crippen LogP contribution in [0, 0.1) is 0 Å². The van der Waals surface area contributed by atoms with Crippen molar-refractivity contribution >= 4 is 17.5 Å². The van der Waals surface area contributed by atoms with E-state index in [0.717, 1.165) is 30.0 Å². The number of nitrogens with one attached hydrogen (secondary N) is 3. The van der Waals surface area contributed by atoms with Crippen molar-refractivity contribution < 1.29 is 14.3 Å². The van der Waals surface area contributed by atoms with Crippen molar-refractivity contribution in [1.82, 2.24) is 20.6 Å². The number of rotatable bonds is 6. The molecule has 28 heavy (non-hydrogen) atoms. The largest absolute Gasteiger partial charge is 0.497 e. The van der Waals surface area contributed by atoms with Gasteiger partial charge in [0, 0.05) is 11.6 Å². The van der Waals surface area contributed by atoms with Crippen molar-refractivity contribution in [2.24, 2.45) is 0 Å². The molecule has 1 saturated carbocycles. The van der Waals surface area contributed by atoms with E-state index in [-0.39, 0.29) is 23.9 Å². The lowest BCUT2D eigenvalue weighted by Gasteiger charge is -2.22. The molecule has 0 unspecified atom stereocenters. The second kappa shape index (κ2) is 7.92. The Morgan fingerprint density at radius 2 is 1.86 bits per heavy atom. The first-order valence-corrected chi connectivity index (χ1v) is 9.35. The molecule has 2 aromatic rings. The van der Waals surface area contributed by atoms with Crippen LogP contribution >= 0.6 is 0 Å². The molecule has 0 spiro atoms. The molecule has 1 fully saturated rings. The number of aromatic nitrogens is 2. The highest BCUT2D eigenvalue weighted by atomic mass is 16.5. The highest BCUT2D eigenvalue weighted by Crippen LogP contribution is 2.40.